The molecule has 100 valence electrons. The molecule has 0 radical (unpaired) electrons. The molecule has 4 nitrogen and oxygen atoms in total. The first-order chi connectivity index (χ1) is 9.24. The monoisotopic (exact) mass is 259 g/mol. The van der Waals surface area contributed by atoms with Gasteiger partial charge < -0.3 is 15.2 Å². The molecule has 0 spiro atoms. The maximum absolute atomic E-state index is 10.8. The van der Waals surface area contributed by atoms with Crippen molar-refractivity contribution < 1.29 is 14.3 Å². The fourth-order valence-electron chi connectivity index (χ4n) is 1.96. The third kappa shape index (κ3) is 3.30. The molecule has 1 aromatic rings. The minimum absolute atomic E-state index is 0.283. The zero-order chi connectivity index (χ0) is 13.7. The average Bonchev–Trinajstić information content (AvgIpc) is 2.46. The van der Waals surface area contributed by atoms with Crippen LogP contribution in [0.2, 0.25) is 0 Å². The van der Waals surface area contributed by atoms with Crippen molar-refractivity contribution in [3.8, 4) is 0 Å². The maximum Gasteiger partial charge on any atom is 0.151 e. The minimum atomic E-state index is -0.295. The van der Waals surface area contributed by atoms with Gasteiger partial charge in [-0.25, -0.2) is 0 Å². The van der Waals surface area contributed by atoms with E-state index in [1.54, 1.807) is 19.3 Å². The molecule has 0 amide bonds. The second-order valence-electron chi connectivity index (χ2n) is 4.32. The van der Waals surface area contributed by atoms with Gasteiger partial charge in [0.15, 0.2) is 6.29 Å². The molecule has 0 saturated heterocycles. The van der Waals surface area contributed by atoms with Crippen molar-refractivity contribution in [3.63, 3.8) is 0 Å². The van der Waals surface area contributed by atoms with E-state index < -0.39 is 0 Å². The Morgan fingerprint density at radius 1 is 1.21 bits per heavy atom. The Labute approximate surface area is 112 Å². The molecule has 1 aliphatic rings. The van der Waals surface area contributed by atoms with Crippen molar-refractivity contribution >= 4 is 6.29 Å². The molecule has 0 saturated carbocycles. The summed E-state index contributed by atoms with van der Waals surface area (Å²) in [6.07, 6.45) is 3.56. The molecule has 2 N–H and O–H groups in total. The molecule has 0 aliphatic heterocycles. The van der Waals surface area contributed by atoms with Gasteiger partial charge in [0.05, 0.1) is 6.61 Å². The Kier molecular flexibility index (Phi) is 4.49. The Morgan fingerprint density at radius 2 is 1.95 bits per heavy atom. The van der Waals surface area contributed by atoms with E-state index >= 15 is 0 Å². The fraction of sp³-hybridized carbons (Fsp3) is 0.267. The van der Waals surface area contributed by atoms with E-state index in [4.69, 9.17) is 15.2 Å². The van der Waals surface area contributed by atoms with Crippen LogP contribution in [0, 0.1) is 0 Å². The van der Waals surface area contributed by atoms with E-state index in [0.29, 0.717) is 17.9 Å². The molecule has 4 heteroatoms. The zero-order valence-corrected chi connectivity index (χ0v) is 10.8. The number of hydrogen-bond acceptors (Lipinski definition) is 4. The molecular formula is C15H17NO3. The van der Waals surface area contributed by atoms with Crippen molar-refractivity contribution in [3.05, 3.63) is 59.3 Å². The van der Waals surface area contributed by atoms with Gasteiger partial charge in [-0.05, 0) is 17.7 Å². The summed E-state index contributed by atoms with van der Waals surface area (Å²) in [5.41, 5.74) is 7.75. The third-order valence-corrected chi connectivity index (χ3v) is 3.03. The van der Waals surface area contributed by atoms with Crippen LogP contribution < -0.4 is 5.73 Å². The highest BCUT2D eigenvalue weighted by Gasteiger charge is 2.24. The van der Waals surface area contributed by atoms with E-state index in [1.165, 1.54) is 0 Å². The van der Waals surface area contributed by atoms with Gasteiger partial charge in [0.2, 0.25) is 0 Å². The number of methoxy groups -OCH3 is 1. The van der Waals surface area contributed by atoms with Crippen LogP contribution in [0.5, 0.6) is 0 Å². The molecule has 2 unspecified atom stereocenters. The molecule has 19 heavy (non-hydrogen) atoms. The number of rotatable bonds is 5. The molecule has 0 bridgehead atoms. The topological polar surface area (TPSA) is 61.5 Å². The van der Waals surface area contributed by atoms with Gasteiger partial charge in [0.1, 0.15) is 12.2 Å². The van der Waals surface area contributed by atoms with Gasteiger partial charge in [0.25, 0.3) is 0 Å². The van der Waals surface area contributed by atoms with E-state index in [9.17, 15) is 4.79 Å². The molecule has 2 rings (SSSR count). The standard InChI is InChI=1S/C15H17NO3/c1-18-14-7-12(9-17)13(16)8-15(14)19-10-11-5-3-2-4-6-11/h2-9,14-15H,10,16H2,1H3. The van der Waals surface area contributed by atoms with E-state index in [1.807, 2.05) is 30.3 Å². The predicted octanol–water partition coefficient (Wildman–Crippen LogP) is 1.57. The minimum Gasteiger partial charge on any atom is -0.398 e. The summed E-state index contributed by atoms with van der Waals surface area (Å²) >= 11 is 0. The highest BCUT2D eigenvalue weighted by molar-refractivity contribution is 5.80. The summed E-state index contributed by atoms with van der Waals surface area (Å²) in [7, 11) is 1.58. The molecule has 1 aromatic carbocycles. The van der Waals surface area contributed by atoms with Gasteiger partial charge in [0, 0.05) is 18.4 Å². The number of allylic oxidation sites excluding steroid dienone is 1. The second-order valence-corrected chi connectivity index (χ2v) is 4.32. The molecular weight excluding hydrogens is 242 g/mol. The third-order valence-electron chi connectivity index (χ3n) is 3.03. The van der Waals surface area contributed by atoms with Crippen LogP contribution in [0.4, 0.5) is 0 Å². The summed E-state index contributed by atoms with van der Waals surface area (Å²) < 4.78 is 11.1. The van der Waals surface area contributed by atoms with Crippen molar-refractivity contribution in [1.29, 1.82) is 0 Å². The van der Waals surface area contributed by atoms with E-state index in [2.05, 4.69) is 0 Å². The Balaban J connectivity index is 2.04. The number of ether oxygens (including phenoxy) is 2. The quantitative estimate of drug-likeness (QED) is 0.815. The van der Waals surface area contributed by atoms with E-state index in [0.717, 1.165) is 11.8 Å². The zero-order valence-electron chi connectivity index (χ0n) is 10.8. The normalized spacial score (nSPS) is 22.6. The first kappa shape index (κ1) is 13.5. The molecule has 1 aliphatic carbocycles. The molecule has 2 atom stereocenters. The largest absolute Gasteiger partial charge is 0.398 e. The lowest BCUT2D eigenvalue weighted by molar-refractivity contribution is -0.104. The summed E-state index contributed by atoms with van der Waals surface area (Å²) in [6, 6.07) is 9.86. The SMILES string of the molecule is COC1C=C(C=O)C(N)=CC1OCc1ccccc1. The lowest BCUT2D eigenvalue weighted by atomic mass is 10.00. The van der Waals surface area contributed by atoms with Crippen LogP contribution in [0.25, 0.3) is 0 Å². The Hall–Kier alpha value is -1.91. The van der Waals surface area contributed by atoms with Gasteiger partial charge in [-0.1, -0.05) is 30.3 Å². The average molecular weight is 259 g/mol. The number of carbonyl (C=O) groups is 1. The lowest BCUT2D eigenvalue weighted by Crippen LogP contribution is -2.32. The first-order valence-electron chi connectivity index (χ1n) is 6.07. The second kappa shape index (κ2) is 6.31. The number of nitrogens with two attached hydrogens (primary N) is 1. The maximum atomic E-state index is 10.8. The van der Waals surface area contributed by atoms with Crippen molar-refractivity contribution in [1.82, 2.24) is 0 Å². The number of hydrogen-bond donors (Lipinski definition) is 1. The summed E-state index contributed by atoms with van der Waals surface area (Å²) in [5.74, 6) is 0. The predicted molar refractivity (Wildman–Crippen MR) is 72.2 cm³/mol. The smallest absolute Gasteiger partial charge is 0.151 e. The van der Waals surface area contributed by atoms with Crippen LogP contribution in [-0.2, 0) is 20.9 Å². The number of aldehydes is 1. The van der Waals surface area contributed by atoms with Crippen molar-refractivity contribution in [2.75, 3.05) is 7.11 Å². The van der Waals surface area contributed by atoms with Gasteiger partial charge in [-0.3, -0.25) is 4.79 Å². The fourth-order valence-corrected chi connectivity index (χ4v) is 1.96. The molecule has 0 aromatic heterocycles. The van der Waals surface area contributed by atoms with Crippen molar-refractivity contribution in [2.24, 2.45) is 5.73 Å². The summed E-state index contributed by atoms with van der Waals surface area (Å²) in [4.78, 5) is 10.8. The summed E-state index contributed by atoms with van der Waals surface area (Å²) in [5, 5.41) is 0. The van der Waals surface area contributed by atoms with Crippen LogP contribution in [0.3, 0.4) is 0 Å². The Morgan fingerprint density at radius 3 is 2.58 bits per heavy atom. The van der Waals surface area contributed by atoms with Gasteiger partial charge >= 0.3 is 0 Å². The van der Waals surface area contributed by atoms with Crippen LogP contribution in [0.15, 0.2) is 53.8 Å². The van der Waals surface area contributed by atoms with E-state index in [-0.39, 0.29) is 12.2 Å². The lowest BCUT2D eigenvalue weighted by Gasteiger charge is -2.26. The molecule has 0 heterocycles. The van der Waals surface area contributed by atoms with Crippen LogP contribution >= 0.6 is 0 Å². The number of benzene rings is 1. The highest BCUT2D eigenvalue weighted by atomic mass is 16.5. The van der Waals surface area contributed by atoms with Crippen LogP contribution in [0.1, 0.15) is 5.56 Å². The first-order valence-corrected chi connectivity index (χ1v) is 6.07. The van der Waals surface area contributed by atoms with Crippen molar-refractivity contribution in [2.45, 2.75) is 18.8 Å². The Bertz CT molecular complexity index is 493. The van der Waals surface area contributed by atoms with Crippen LogP contribution in [-0.4, -0.2) is 25.6 Å². The van der Waals surface area contributed by atoms with Gasteiger partial charge in [-0.15, -0.1) is 0 Å². The highest BCUT2D eigenvalue weighted by Crippen LogP contribution is 2.20. The van der Waals surface area contributed by atoms with Gasteiger partial charge in [-0.2, -0.15) is 0 Å². The number of carbonyl (C=O) groups excluding carboxylic acids is 1. The molecule has 0 fully saturated rings. The summed E-state index contributed by atoms with van der Waals surface area (Å²) in [6.45, 7) is 0.472.